The number of carbonyl (C=O) groups excluding carboxylic acids is 1. The molecule has 2 atom stereocenters. The van der Waals surface area contributed by atoms with Gasteiger partial charge in [-0.05, 0) is 38.5 Å². The Morgan fingerprint density at radius 3 is 2.43 bits per heavy atom. The first-order valence-electron chi connectivity index (χ1n) is 8.25. The third kappa shape index (κ3) is 12.5. The van der Waals surface area contributed by atoms with Crippen molar-refractivity contribution in [2.75, 3.05) is 0 Å². The summed E-state index contributed by atoms with van der Waals surface area (Å²) < 4.78 is 0. The van der Waals surface area contributed by atoms with Gasteiger partial charge in [-0.2, -0.15) is 0 Å². The molecule has 0 heterocycles. The molecular weight excluding hydrogens is 294 g/mol. The van der Waals surface area contributed by atoms with Gasteiger partial charge in [0.15, 0.2) is 6.29 Å². The third-order valence-electron chi connectivity index (χ3n) is 3.38. The summed E-state index contributed by atoms with van der Waals surface area (Å²) in [6.07, 6.45) is 17.4. The van der Waals surface area contributed by atoms with Crippen molar-refractivity contribution in [3.05, 3.63) is 46.6 Å². The van der Waals surface area contributed by atoms with Crippen LogP contribution in [0.4, 0.5) is 0 Å². The summed E-state index contributed by atoms with van der Waals surface area (Å²) in [5, 5.41) is 21.0. The van der Waals surface area contributed by atoms with Crippen molar-refractivity contribution < 1.29 is 14.8 Å². The van der Waals surface area contributed by atoms with Crippen LogP contribution in [-0.2, 0) is 4.79 Å². The predicted octanol–water partition coefficient (Wildman–Crippen LogP) is 3.91. The number of allylic oxidation sites excluding steroid dienone is 4. The van der Waals surface area contributed by atoms with Crippen LogP contribution in [0.3, 0.4) is 0 Å². The molecule has 0 saturated carbocycles. The standard InChI is InChI=1S/C18H28NO4/c1-2-3-4-5-8-11-14-17(19(22)23)18(21)15-12-9-6-7-10-13-16-20/h3-4,8-9,11-12,17-18,21H,2,5-7,10,13-15H2,1H3/b4-3-,11-8-,12-9-. The molecule has 0 aliphatic carbocycles. The summed E-state index contributed by atoms with van der Waals surface area (Å²) in [4.78, 5) is 20.7. The van der Waals surface area contributed by atoms with Gasteiger partial charge in [0.05, 0.1) is 0 Å². The fourth-order valence-electron chi connectivity index (χ4n) is 2.03. The van der Waals surface area contributed by atoms with Crippen molar-refractivity contribution in [2.45, 2.75) is 70.4 Å². The average molecular weight is 322 g/mol. The Labute approximate surface area is 138 Å². The second-order valence-corrected chi connectivity index (χ2v) is 5.34. The van der Waals surface area contributed by atoms with Crippen LogP contribution in [0, 0.1) is 10.1 Å². The van der Waals surface area contributed by atoms with Gasteiger partial charge in [0.25, 0.3) is 0 Å². The smallest absolute Gasteiger partial charge is 0.242 e. The number of rotatable bonds is 14. The maximum atomic E-state index is 11.1. The van der Waals surface area contributed by atoms with Gasteiger partial charge in [-0.15, -0.1) is 0 Å². The molecule has 1 radical (unpaired) electrons. The van der Waals surface area contributed by atoms with E-state index in [1.54, 1.807) is 12.2 Å². The molecule has 0 aliphatic rings. The lowest BCUT2D eigenvalue weighted by atomic mass is 10.0. The van der Waals surface area contributed by atoms with Gasteiger partial charge >= 0.3 is 0 Å². The minimum absolute atomic E-state index is 0.233. The van der Waals surface area contributed by atoms with Crippen LogP contribution >= 0.6 is 0 Å². The minimum Gasteiger partial charge on any atom is -0.386 e. The normalized spacial score (nSPS) is 14.7. The second kappa shape index (κ2) is 15.2. The first-order chi connectivity index (χ1) is 11.1. The first kappa shape index (κ1) is 21.2. The van der Waals surface area contributed by atoms with Crippen LogP contribution in [0.1, 0.15) is 58.3 Å². The van der Waals surface area contributed by atoms with Crippen molar-refractivity contribution in [3.63, 3.8) is 0 Å². The zero-order valence-corrected chi connectivity index (χ0v) is 13.9. The van der Waals surface area contributed by atoms with E-state index in [1.165, 1.54) is 0 Å². The van der Waals surface area contributed by atoms with Crippen LogP contribution in [0.15, 0.2) is 36.5 Å². The molecule has 0 amide bonds. The number of hydrogen-bond donors (Lipinski definition) is 1. The Morgan fingerprint density at radius 1 is 1.09 bits per heavy atom. The second-order valence-electron chi connectivity index (χ2n) is 5.34. The summed E-state index contributed by atoms with van der Waals surface area (Å²) in [5.74, 6) is 0. The molecule has 5 heteroatoms. The predicted molar refractivity (Wildman–Crippen MR) is 92.5 cm³/mol. The molecule has 5 nitrogen and oxygen atoms in total. The lowest BCUT2D eigenvalue weighted by Crippen LogP contribution is -2.32. The summed E-state index contributed by atoms with van der Waals surface area (Å²) in [5.41, 5.74) is 0. The summed E-state index contributed by atoms with van der Waals surface area (Å²) in [7, 11) is 0. The molecular formula is C18H28NO4. The lowest BCUT2D eigenvalue weighted by Gasteiger charge is -2.12. The van der Waals surface area contributed by atoms with E-state index < -0.39 is 17.1 Å². The van der Waals surface area contributed by atoms with Crippen LogP contribution in [0.5, 0.6) is 0 Å². The highest BCUT2D eigenvalue weighted by Crippen LogP contribution is 2.10. The van der Waals surface area contributed by atoms with E-state index >= 15 is 0 Å². The van der Waals surface area contributed by atoms with Gasteiger partial charge in [0, 0.05) is 17.8 Å². The monoisotopic (exact) mass is 322 g/mol. The summed E-state index contributed by atoms with van der Waals surface area (Å²) in [6, 6.07) is -0.976. The number of nitro groups is 1. The Bertz CT molecular complexity index is 402. The third-order valence-corrected chi connectivity index (χ3v) is 3.38. The van der Waals surface area contributed by atoms with E-state index in [4.69, 9.17) is 0 Å². The van der Waals surface area contributed by atoms with Crippen LogP contribution in [0.2, 0.25) is 0 Å². The van der Waals surface area contributed by atoms with Gasteiger partial charge in [-0.25, -0.2) is 0 Å². The zero-order valence-electron chi connectivity index (χ0n) is 13.9. The van der Waals surface area contributed by atoms with Gasteiger partial charge in [0.1, 0.15) is 6.10 Å². The molecule has 0 aromatic heterocycles. The summed E-state index contributed by atoms with van der Waals surface area (Å²) >= 11 is 0. The molecule has 0 aromatic rings. The average Bonchev–Trinajstić information content (AvgIpc) is 2.52. The van der Waals surface area contributed by atoms with Crippen molar-refractivity contribution in [3.8, 4) is 0 Å². The Kier molecular flexibility index (Phi) is 14.0. The Morgan fingerprint density at radius 2 is 1.78 bits per heavy atom. The van der Waals surface area contributed by atoms with E-state index in [1.807, 2.05) is 37.5 Å². The van der Waals surface area contributed by atoms with E-state index in [0.717, 1.165) is 32.1 Å². The number of aliphatic hydroxyl groups excluding tert-OH is 1. The van der Waals surface area contributed by atoms with E-state index in [2.05, 4.69) is 0 Å². The molecule has 0 bridgehead atoms. The van der Waals surface area contributed by atoms with Crippen molar-refractivity contribution in [1.29, 1.82) is 0 Å². The highest BCUT2D eigenvalue weighted by atomic mass is 16.6. The van der Waals surface area contributed by atoms with Crippen LogP contribution in [0.25, 0.3) is 0 Å². The van der Waals surface area contributed by atoms with Crippen molar-refractivity contribution in [1.82, 2.24) is 0 Å². The molecule has 0 fully saturated rings. The zero-order chi connectivity index (χ0) is 17.3. The molecule has 0 aliphatic heterocycles. The largest absolute Gasteiger partial charge is 0.386 e. The van der Waals surface area contributed by atoms with Crippen molar-refractivity contribution >= 4 is 6.29 Å². The number of unbranched alkanes of at least 4 members (excludes halogenated alkanes) is 3. The Balaban J connectivity index is 4.11. The molecule has 129 valence electrons. The van der Waals surface area contributed by atoms with E-state index in [-0.39, 0.29) is 12.8 Å². The Hall–Kier alpha value is -1.75. The molecule has 0 aromatic carbocycles. The van der Waals surface area contributed by atoms with E-state index in [9.17, 15) is 20.0 Å². The van der Waals surface area contributed by atoms with Crippen LogP contribution < -0.4 is 0 Å². The maximum absolute atomic E-state index is 11.1. The number of aliphatic hydroxyl groups is 1. The van der Waals surface area contributed by atoms with Gasteiger partial charge in [0.2, 0.25) is 6.04 Å². The quantitative estimate of drug-likeness (QED) is 0.227. The fourth-order valence-corrected chi connectivity index (χ4v) is 2.03. The number of nitrogens with zero attached hydrogens (tertiary/aromatic N) is 1. The SMILES string of the molecule is CC/C=C\C/C=C\CC(C(O)C/C=C\CCCC[C]=O)[N+](=O)[O-]. The van der Waals surface area contributed by atoms with Gasteiger partial charge in [-0.1, -0.05) is 43.4 Å². The minimum atomic E-state index is -0.986. The highest BCUT2D eigenvalue weighted by molar-refractivity contribution is 5.50. The highest BCUT2D eigenvalue weighted by Gasteiger charge is 2.27. The molecule has 0 rings (SSSR count). The molecule has 2 unspecified atom stereocenters. The molecule has 23 heavy (non-hydrogen) atoms. The maximum Gasteiger partial charge on any atom is 0.242 e. The molecule has 1 N–H and O–H groups in total. The fraction of sp³-hybridized carbons (Fsp3) is 0.611. The topological polar surface area (TPSA) is 80.4 Å². The van der Waals surface area contributed by atoms with E-state index in [0.29, 0.717) is 6.42 Å². The van der Waals surface area contributed by atoms with Crippen LogP contribution in [-0.4, -0.2) is 28.5 Å². The lowest BCUT2D eigenvalue weighted by molar-refractivity contribution is -0.533. The molecule has 0 spiro atoms. The van der Waals surface area contributed by atoms with Gasteiger partial charge < -0.3 is 5.11 Å². The van der Waals surface area contributed by atoms with Gasteiger partial charge in [-0.3, -0.25) is 14.9 Å². The number of hydrogen-bond acceptors (Lipinski definition) is 4. The summed E-state index contributed by atoms with van der Waals surface area (Å²) in [6.45, 7) is 2.05. The first-order valence-corrected chi connectivity index (χ1v) is 8.25. The van der Waals surface area contributed by atoms with Crippen molar-refractivity contribution in [2.24, 2.45) is 0 Å². The molecule has 0 saturated heterocycles.